The standard InChI is InChI=1S/C18H24/c1-13(2)11-15-7-5-10-18-16(12-14(3)4)8-6-9-17(15)18/h5-10,13-14H,11-12H2,1-4H3. The molecule has 0 fully saturated rings. The summed E-state index contributed by atoms with van der Waals surface area (Å²) < 4.78 is 0. The van der Waals surface area contributed by atoms with Crippen LogP contribution in [0.2, 0.25) is 0 Å². The molecule has 0 atom stereocenters. The fourth-order valence-electron chi connectivity index (χ4n) is 2.68. The monoisotopic (exact) mass is 240 g/mol. The Morgan fingerprint density at radius 1 is 0.667 bits per heavy atom. The number of rotatable bonds is 4. The maximum atomic E-state index is 2.29. The molecule has 0 spiro atoms. The molecule has 0 aliphatic carbocycles. The highest BCUT2D eigenvalue weighted by Gasteiger charge is 2.07. The highest BCUT2D eigenvalue weighted by Crippen LogP contribution is 2.26. The first-order valence-electron chi connectivity index (χ1n) is 7.07. The van der Waals surface area contributed by atoms with Crippen molar-refractivity contribution in [3.63, 3.8) is 0 Å². The molecule has 0 unspecified atom stereocenters. The second-order valence-electron chi connectivity index (χ2n) is 6.13. The van der Waals surface area contributed by atoms with Crippen molar-refractivity contribution in [1.82, 2.24) is 0 Å². The molecule has 0 nitrogen and oxygen atoms in total. The first-order valence-corrected chi connectivity index (χ1v) is 7.07. The lowest BCUT2D eigenvalue weighted by molar-refractivity contribution is 0.647. The van der Waals surface area contributed by atoms with Crippen molar-refractivity contribution in [2.24, 2.45) is 11.8 Å². The first kappa shape index (κ1) is 13.1. The number of benzene rings is 2. The molecule has 0 aromatic heterocycles. The predicted molar refractivity (Wildman–Crippen MR) is 81.0 cm³/mol. The minimum atomic E-state index is 0.712. The van der Waals surface area contributed by atoms with Crippen LogP contribution in [-0.4, -0.2) is 0 Å². The Balaban J connectivity index is 2.50. The molecule has 2 aromatic carbocycles. The maximum Gasteiger partial charge on any atom is -0.0149 e. The minimum absolute atomic E-state index is 0.712. The van der Waals surface area contributed by atoms with E-state index in [-0.39, 0.29) is 0 Å². The van der Waals surface area contributed by atoms with Crippen LogP contribution in [0.1, 0.15) is 38.8 Å². The van der Waals surface area contributed by atoms with Crippen LogP contribution in [0.15, 0.2) is 36.4 Å². The SMILES string of the molecule is CC(C)Cc1cccc2c(CC(C)C)cccc12. The van der Waals surface area contributed by atoms with Crippen molar-refractivity contribution in [1.29, 1.82) is 0 Å². The van der Waals surface area contributed by atoms with Gasteiger partial charge in [0.2, 0.25) is 0 Å². The van der Waals surface area contributed by atoms with Crippen LogP contribution in [0.4, 0.5) is 0 Å². The van der Waals surface area contributed by atoms with Crippen molar-refractivity contribution in [2.75, 3.05) is 0 Å². The number of fused-ring (bicyclic) bond motifs is 1. The summed E-state index contributed by atoms with van der Waals surface area (Å²) in [6.45, 7) is 9.15. The van der Waals surface area contributed by atoms with E-state index >= 15 is 0 Å². The summed E-state index contributed by atoms with van der Waals surface area (Å²) in [5.41, 5.74) is 2.99. The van der Waals surface area contributed by atoms with E-state index in [0.29, 0.717) is 11.8 Å². The van der Waals surface area contributed by atoms with Crippen molar-refractivity contribution < 1.29 is 0 Å². The van der Waals surface area contributed by atoms with Gasteiger partial charge >= 0.3 is 0 Å². The molecule has 96 valence electrons. The van der Waals surface area contributed by atoms with Crippen LogP contribution in [0.3, 0.4) is 0 Å². The highest BCUT2D eigenvalue weighted by molar-refractivity contribution is 5.88. The summed E-state index contributed by atoms with van der Waals surface area (Å²) in [5, 5.41) is 2.90. The van der Waals surface area contributed by atoms with Gasteiger partial charge in [0.05, 0.1) is 0 Å². The summed E-state index contributed by atoms with van der Waals surface area (Å²) >= 11 is 0. The van der Waals surface area contributed by atoms with Crippen LogP contribution < -0.4 is 0 Å². The Morgan fingerprint density at radius 3 is 1.39 bits per heavy atom. The second-order valence-corrected chi connectivity index (χ2v) is 6.13. The van der Waals surface area contributed by atoms with Gasteiger partial charge in [-0.05, 0) is 46.6 Å². The van der Waals surface area contributed by atoms with Gasteiger partial charge in [0.25, 0.3) is 0 Å². The van der Waals surface area contributed by atoms with E-state index in [4.69, 9.17) is 0 Å². The summed E-state index contributed by atoms with van der Waals surface area (Å²) in [7, 11) is 0. The summed E-state index contributed by atoms with van der Waals surface area (Å²) in [6, 6.07) is 13.5. The summed E-state index contributed by atoms with van der Waals surface area (Å²) in [6.07, 6.45) is 2.34. The van der Waals surface area contributed by atoms with Gasteiger partial charge in [0.1, 0.15) is 0 Å². The molecule has 0 amide bonds. The Hall–Kier alpha value is -1.30. The molecule has 0 aliphatic heterocycles. The molecule has 0 saturated carbocycles. The predicted octanol–water partition coefficient (Wildman–Crippen LogP) is 5.24. The quantitative estimate of drug-likeness (QED) is 0.686. The molecular formula is C18H24. The van der Waals surface area contributed by atoms with E-state index in [1.807, 2.05) is 0 Å². The number of hydrogen-bond acceptors (Lipinski definition) is 0. The van der Waals surface area contributed by atoms with Crippen molar-refractivity contribution in [3.8, 4) is 0 Å². The molecule has 2 rings (SSSR count). The first-order chi connectivity index (χ1) is 8.58. The van der Waals surface area contributed by atoms with E-state index in [2.05, 4.69) is 64.1 Å². The largest absolute Gasteiger partial charge is 0.0625 e. The average Bonchev–Trinajstić information content (AvgIpc) is 2.29. The number of hydrogen-bond donors (Lipinski definition) is 0. The fourth-order valence-corrected chi connectivity index (χ4v) is 2.68. The smallest absolute Gasteiger partial charge is 0.0149 e. The third-order valence-electron chi connectivity index (χ3n) is 3.36. The molecule has 18 heavy (non-hydrogen) atoms. The maximum absolute atomic E-state index is 2.29. The van der Waals surface area contributed by atoms with E-state index in [0.717, 1.165) is 0 Å². The van der Waals surface area contributed by atoms with Crippen LogP contribution in [0.25, 0.3) is 10.8 Å². The minimum Gasteiger partial charge on any atom is -0.0625 e. The van der Waals surface area contributed by atoms with E-state index in [1.54, 1.807) is 0 Å². The molecule has 0 heterocycles. The van der Waals surface area contributed by atoms with Gasteiger partial charge in [-0.15, -0.1) is 0 Å². The molecule has 2 aromatic rings. The van der Waals surface area contributed by atoms with Gasteiger partial charge in [-0.3, -0.25) is 0 Å². The zero-order chi connectivity index (χ0) is 13.1. The molecule has 0 bridgehead atoms. The average molecular weight is 240 g/mol. The van der Waals surface area contributed by atoms with Crippen LogP contribution in [-0.2, 0) is 12.8 Å². The lowest BCUT2D eigenvalue weighted by Gasteiger charge is -2.13. The van der Waals surface area contributed by atoms with Crippen LogP contribution in [0.5, 0.6) is 0 Å². The molecule has 0 N–H and O–H groups in total. The van der Waals surface area contributed by atoms with Gasteiger partial charge in [-0.25, -0.2) is 0 Å². The molecule has 0 saturated heterocycles. The topological polar surface area (TPSA) is 0 Å². The van der Waals surface area contributed by atoms with E-state index in [1.165, 1.54) is 34.7 Å². The normalized spacial score (nSPS) is 11.7. The lowest BCUT2D eigenvalue weighted by atomic mass is 9.92. The van der Waals surface area contributed by atoms with Crippen molar-refractivity contribution in [3.05, 3.63) is 47.5 Å². The molecule has 0 aliphatic rings. The Kier molecular flexibility index (Phi) is 4.06. The van der Waals surface area contributed by atoms with Crippen molar-refractivity contribution in [2.45, 2.75) is 40.5 Å². The summed E-state index contributed by atoms with van der Waals surface area (Å²) in [4.78, 5) is 0. The van der Waals surface area contributed by atoms with Gasteiger partial charge in [-0.1, -0.05) is 64.1 Å². The summed E-state index contributed by atoms with van der Waals surface area (Å²) in [5.74, 6) is 1.42. The molecule has 0 radical (unpaired) electrons. The molecular weight excluding hydrogens is 216 g/mol. The van der Waals surface area contributed by atoms with E-state index in [9.17, 15) is 0 Å². The van der Waals surface area contributed by atoms with Crippen LogP contribution in [0, 0.1) is 11.8 Å². The van der Waals surface area contributed by atoms with Crippen LogP contribution >= 0.6 is 0 Å². The third-order valence-corrected chi connectivity index (χ3v) is 3.36. The molecule has 0 heteroatoms. The van der Waals surface area contributed by atoms with Crippen molar-refractivity contribution >= 4 is 10.8 Å². The highest BCUT2D eigenvalue weighted by atomic mass is 14.1. The fraction of sp³-hybridized carbons (Fsp3) is 0.444. The van der Waals surface area contributed by atoms with Gasteiger partial charge in [0, 0.05) is 0 Å². The van der Waals surface area contributed by atoms with Gasteiger partial charge in [0.15, 0.2) is 0 Å². The lowest BCUT2D eigenvalue weighted by Crippen LogP contribution is -1.98. The zero-order valence-electron chi connectivity index (χ0n) is 12.0. The Morgan fingerprint density at radius 2 is 1.06 bits per heavy atom. The third kappa shape index (κ3) is 2.93. The second kappa shape index (κ2) is 5.56. The Bertz CT molecular complexity index is 471. The zero-order valence-corrected chi connectivity index (χ0v) is 12.0. The van der Waals surface area contributed by atoms with Gasteiger partial charge in [-0.2, -0.15) is 0 Å². The van der Waals surface area contributed by atoms with Gasteiger partial charge < -0.3 is 0 Å². The Labute approximate surface area is 111 Å². The van der Waals surface area contributed by atoms with E-state index < -0.39 is 0 Å².